The molecule has 4 heteroatoms. The normalized spacial score (nSPS) is 15.9. The minimum absolute atomic E-state index is 0.147. The predicted octanol–water partition coefficient (Wildman–Crippen LogP) is 0.637. The van der Waals surface area contributed by atoms with Crippen LogP contribution < -0.4 is 11.1 Å². The second-order valence-corrected chi connectivity index (χ2v) is 4.99. The van der Waals surface area contributed by atoms with Crippen LogP contribution in [0, 0.1) is 5.41 Å². The molecule has 0 aromatic carbocycles. The molecule has 1 amide bonds. The van der Waals surface area contributed by atoms with Gasteiger partial charge in [0.25, 0.3) is 0 Å². The van der Waals surface area contributed by atoms with Crippen LogP contribution in [-0.2, 0) is 4.79 Å². The topological polar surface area (TPSA) is 75.3 Å². The lowest BCUT2D eigenvalue weighted by molar-refractivity contribution is -0.124. The summed E-state index contributed by atoms with van der Waals surface area (Å²) in [6.07, 6.45) is 0.955. The van der Waals surface area contributed by atoms with Crippen molar-refractivity contribution < 1.29 is 9.90 Å². The minimum Gasteiger partial charge on any atom is -0.393 e. The Labute approximate surface area is 92.2 Å². The predicted molar refractivity (Wildman–Crippen MR) is 61.4 cm³/mol. The number of nitrogens with one attached hydrogen (secondary N) is 1. The van der Waals surface area contributed by atoms with Crippen molar-refractivity contribution in [2.45, 2.75) is 52.7 Å². The van der Waals surface area contributed by atoms with E-state index in [1.54, 1.807) is 0 Å². The highest BCUT2D eigenvalue weighted by Crippen LogP contribution is 2.17. The standard InChI is InChI=1S/C11H24N2O2/c1-5-8(14)6-7-13-10(15)9(12)11(2,3)4/h8-9,14H,5-7,12H2,1-4H3,(H,13,15)/t8?,9-/m1/s1. The molecular formula is C11H24N2O2. The first kappa shape index (κ1) is 14.4. The van der Waals surface area contributed by atoms with Gasteiger partial charge in [-0.25, -0.2) is 0 Å². The van der Waals surface area contributed by atoms with Gasteiger partial charge in [0.2, 0.25) is 5.91 Å². The Balaban J connectivity index is 3.85. The monoisotopic (exact) mass is 216 g/mol. The molecule has 0 spiro atoms. The summed E-state index contributed by atoms with van der Waals surface area (Å²) >= 11 is 0. The van der Waals surface area contributed by atoms with Gasteiger partial charge in [0, 0.05) is 6.54 Å². The summed E-state index contributed by atoms with van der Waals surface area (Å²) in [6, 6.07) is -0.503. The van der Waals surface area contributed by atoms with Crippen LogP contribution in [0.25, 0.3) is 0 Å². The molecule has 90 valence electrons. The molecule has 1 unspecified atom stereocenters. The van der Waals surface area contributed by atoms with E-state index in [2.05, 4.69) is 5.32 Å². The lowest BCUT2D eigenvalue weighted by Gasteiger charge is -2.25. The Kier molecular flexibility index (Phi) is 5.83. The maximum absolute atomic E-state index is 11.5. The first-order valence-electron chi connectivity index (χ1n) is 5.50. The van der Waals surface area contributed by atoms with Crippen LogP contribution >= 0.6 is 0 Å². The van der Waals surface area contributed by atoms with Crippen molar-refractivity contribution in [1.29, 1.82) is 0 Å². The van der Waals surface area contributed by atoms with E-state index in [0.717, 1.165) is 0 Å². The molecule has 0 saturated heterocycles. The van der Waals surface area contributed by atoms with Gasteiger partial charge in [-0.3, -0.25) is 4.79 Å². The molecule has 0 aliphatic heterocycles. The van der Waals surface area contributed by atoms with E-state index < -0.39 is 6.04 Å². The van der Waals surface area contributed by atoms with Crippen molar-refractivity contribution in [3.63, 3.8) is 0 Å². The Bertz CT molecular complexity index is 199. The molecule has 0 radical (unpaired) electrons. The SMILES string of the molecule is CCC(O)CCNC(=O)[C@@H](N)C(C)(C)C. The van der Waals surface area contributed by atoms with Gasteiger partial charge in [-0.1, -0.05) is 27.7 Å². The fourth-order valence-electron chi connectivity index (χ4n) is 1.07. The lowest BCUT2D eigenvalue weighted by Crippen LogP contribution is -2.49. The van der Waals surface area contributed by atoms with Crippen molar-refractivity contribution in [3.8, 4) is 0 Å². The fraction of sp³-hybridized carbons (Fsp3) is 0.909. The highest BCUT2D eigenvalue weighted by atomic mass is 16.3. The van der Waals surface area contributed by atoms with Crippen LogP contribution in [0.4, 0.5) is 0 Å². The number of hydrogen-bond acceptors (Lipinski definition) is 3. The number of nitrogens with two attached hydrogens (primary N) is 1. The summed E-state index contributed by atoms with van der Waals surface area (Å²) in [5.74, 6) is -0.147. The van der Waals surface area contributed by atoms with Crippen LogP contribution in [0.2, 0.25) is 0 Å². The van der Waals surface area contributed by atoms with E-state index in [9.17, 15) is 9.90 Å². The van der Waals surface area contributed by atoms with Crippen molar-refractivity contribution in [1.82, 2.24) is 5.32 Å². The van der Waals surface area contributed by atoms with Crippen LogP contribution in [-0.4, -0.2) is 29.7 Å². The van der Waals surface area contributed by atoms with Crippen LogP contribution in [0.3, 0.4) is 0 Å². The molecule has 0 fully saturated rings. The summed E-state index contributed by atoms with van der Waals surface area (Å²) < 4.78 is 0. The van der Waals surface area contributed by atoms with E-state index in [1.807, 2.05) is 27.7 Å². The zero-order chi connectivity index (χ0) is 12.1. The van der Waals surface area contributed by atoms with Gasteiger partial charge in [-0.15, -0.1) is 0 Å². The molecular weight excluding hydrogens is 192 g/mol. The highest BCUT2D eigenvalue weighted by molar-refractivity contribution is 5.82. The Hall–Kier alpha value is -0.610. The van der Waals surface area contributed by atoms with E-state index >= 15 is 0 Å². The van der Waals surface area contributed by atoms with E-state index in [4.69, 9.17) is 5.73 Å². The van der Waals surface area contributed by atoms with Crippen molar-refractivity contribution >= 4 is 5.91 Å². The van der Waals surface area contributed by atoms with Crippen LogP contribution in [0.5, 0.6) is 0 Å². The van der Waals surface area contributed by atoms with Gasteiger partial charge in [0.15, 0.2) is 0 Å². The van der Waals surface area contributed by atoms with Crippen LogP contribution in [0.1, 0.15) is 40.5 Å². The van der Waals surface area contributed by atoms with Gasteiger partial charge in [-0.05, 0) is 18.3 Å². The molecule has 0 aliphatic carbocycles. The Morgan fingerprint density at radius 1 is 1.47 bits per heavy atom. The molecule has 15 heavy (non-hydrogen) atoms. The third-order valence-electron chi connectivity index (χ3n) is 2.46. The fourth-order valence-corrected chi connectivity index (χ4v) is 1.07. The summed E-state index contributed by atoms with van der Waals surface area (Å²) in [4.78, 5) is 11.5. The highest BCUT2D eigenvalue weighted by Gasteiger charge is 2.26. The molecule has 0 saturated carbocycles. The van der Waals surface area contributed by atoms with Crippen molar-refractivity contribution in [3.05, 3.63) is 0 Å². The third-order valence-corrected chi connectivity index (χ3v) is 2.46. The first-order chi connectivity index (χ1) is 6.79. The number of aliphatic hydroxyl groups excluding tert-OH is 1. The number of amides is 1. The second kappa shape index (κ2) is 6.08. The lowest BCUT2D eigenvalue weighted by atomic mass is 9.87. The largest absolute Gasteiger partial charge is 0.393 e. The van der Waals surface area contributed by atoms with Gasteiger partial charge >= 0.3 is 0 Å². The molecule has 4 nitrogen and oxygen atoms in total. The number of aliphatic hydroxyl groups is 1. The Morgan fingerprint density at radius 3 is 2.40 bits per heavy atom. The molecule has 0 heterocycles. The number of carbonyl (C=O) groups excluding carboxylic acids is 1. The van der Waals surface area contributed by atoms with Gasteiger partial charge in [-0.2, -0.15) is 0 Å². The van der Waals surface area contributed by atoms with Gasteiger partial charge in [0.1, 0.15) is 0 Å². The molecule has 4 N–H and O–H groups in total. The summed E-state index contributed by atoms with van der Waals surface area (Å²) in [7, 11) is 0. The molecule has 2 atom stereocenters. The summed E-state index contributed by atoms with van der Waals surface area (Å²) in [6.45, 7) is 8.18. The quantitative estimate of drug-likeness (QED) is 0.631. The zero-order valence-corrected chi connectivity index (χ0v) is 10.2. The third kappa shape index (κ3) is 5.74. The number of carbonyl (C=O) groups is 1. The van der Waals surface area contributed by atoms with Crippen molar-refractivity contribution in [2.75, 3.05) is 6.54 Å². The van der Waals surface area contributed by atoms with Crippen molar-refractivity contribution in [2.24, 2.45) is 11.1 Å². The zero-order valence-electron chi connectivity index (χ0n) is 10.2. The summed E-state index contributed by atoms with van der Waals surface area (Å²) in [5, 5.41) is 12.0. The van der Waals surface area contributed by atoms with Crippen LogP contribution in [0.15, 0.2) is 0 Å². The van der Waals surface area contributed by atoms with Gasteiger partial charge < -0.3 is 16.2 Å². The van der Waals surface area contributed by atoms with Gasteiger partial charge in [0.05, 0.1) is 12.1 Å². The molecule has 0 aromatic heterocycles. The summed E-state index contributed by atoms with van der Waals surface area (Å²) in [5.41, 5.74) is 5.54. The average molecular weight is 216 g/mol. The average Bonchev–Trinajstić information content (AvgIpc) is 2.14. The molecule has 0 aliphatic rings. The molecule has 0 aromatic rings. The number of rotatable bonds is 5. The van der Waals surface area contributed by atoms with E-state index in [1.165, 1.54) is 0 Å². The number of hydrogen-bond donors (Lipinski definition) is 3. The van der Waals surface area contributed by atoms with E-state index in [-0.39, 0.29) is 17.4 Å². The Morgan fingerprint density at radius 2 is 2.00 bits per heavy atom. The maximum Gasteiger partial charge on any atom is 0.237 e. The van der Waals surface area contributed by atoms with E-state index in [0.29, 0.717) is 19.4 Å². The molecule has 0 bridgehead atoms. The maximum atomic E-state index is 11.5. The second-order valence-electron chi connectivity index (χ2n) is 4.99. The molecule has 0 rings (SSSR count). The first-order valence-corrected chi connectivity index (χ1v) is 5.50. The smallest absolute Gasteiger partial charge is 0.237 e. The minimum atomic E-state index is -0.503.